The molecule has 1 fully saturated rings. The van der Waals surface area contributed by atoms with Crippen LogP contribution >= 0.6 is 0 Å². The van der Waals surface area contributed by atoms with Gasteiger partial charge in [-0.25, -0.2) is 18.7 Å². The minimum absolute atomic E-state index is 0.139. The molecule has 3 aromatic heterocycles. The van der Waals surface area contributed by atoms with Crippen molar-refractivity contribution in [1.82, 2.24) is 24.9 Å². The van der Waals surface area contributed by atoms with Crippen molar-refractivity contribution < 1.29 is 23.2 Å². The van der Waals surface area contributed by atoms with Crippen molar-refractivity contribution in [3.05, 3.63) is 66.1 Å². The molecular weight excluding hydrogens is 470 g/mol. The van der Waals surface area contributed by atoms with Crippen LogP contribution in [0.1, 0.15) is 31.2 Å². The lowest BCUT2D eigenvalue weighted by atomic mass is 9.92. The number of hydrogen-bond donors (Lipinski definition) is 1. The average molecular weight is 495 g/mol. The number of benzene rings is 1. The van der Waals surface area contributed by atoms with E-state index in [1.165, 1.54) is 12.3 Å². The fraction of sp³-hybridized carbons (Fsp3) is 0.320. The summed E-state index contributed by atoms with van der Waals surface area (Å²) in [5.74, 6) is -0.984. The Bertz CT molecular complexity index is 1350. The summed E-state index contributed by atoms with van der Waals surface area (Å²) in [6, 6.07) is 9.82. The van der Waals surface area contributed by atoms with E-state index in [4.69, 9.17) is 9.63 Å². The molecule has 1 N–H and O–H groups in total. The first-order valence-corrected chi connectivity index (χ1v) is 11.7. The zero-order valence-corrected chi connectivity index (χ0v) is 19.3. The number of aliphatic carboxylic acids is 1. The van der Waals surface area contributed by atoms with E-state index in [1.54, 1.807) is 35.0 Å². The van der Waals surface area contributed by atoms with Gasteiger partial charge in [0.25, 0.3) is 0 Å². The van der Waals surface area contributed by atoms with E-state index in [0.717, 1.165) is 19.0 Å². The van der Waals surface area contributed by atoms with Gasteiger partial charge in [-0.1, -0.05) is 23.4 Å². The molecule has 186 valence electrons. The van der Waals surface area contributed by atoms with Gasteiger partial charge >= 0.3 is 5.97 Å². The minimum Gasteiger partial charge on any atom is -0.481 e. The molecule has 9 nitrogen and oxygen atoms in total. The number of hydrogen-bond acceptors (Lipinski definition) is 7. The molecule has 0 amide bonds. The Morgan fingerprint density at radius 2 is 1.92 bits per heavy atom. The molecule has 0 bridgehead atoms. The minimum atomic E-state index is -0.802. The van der Waals surface area contributed by atoms with Gasteiger partial charge in [-0.15, -0.1) is 0 Å². The second-order valence-electron chi connectivity index (χ2n) is 8.78. The second kappa shape index (κ2) is 10.2. The van der Waals surface area contributed by atoms with Crippen LogP contribution in [0.2, 0.25) is 0 Å². The van der Waals surface area contributed by atoms with Gasteiger partial charge < -0.3 is 14.5 Å². The van der Waals surface area contributed by atoms with Gasteiger partial charge in [0.2, 0.25) is 0 Å². The van der Waals surface area contributed by atoms with Crippen molar-refractivity contribution in [3.8, 4) is 22.9 Å². The number of carboxylic acids is 1. The molecular formula is C25H24F2N6O3. The molecule has 0 aliphatic carbocycles. The number of anilines is 1. The zero-order valence-electron chi connectivity index (χ0n) is 19.3. The van der Waals surface area contributed by atoms with Crippen molar-refractivity contribution in [1.29, 1.82) is 0 Å². The van der Waals surface area contributed by atoms with Gasteiger partial charge in [0.15, 0.2) is 17.5 Å². The Morgan fingerprint density at radius 1 is 1.11 bits per heavy atom. The fourth-order valence-electron chi connectivity index (χ4n) is 4.45. The number of aromatic nitrogens is 5. The molecule has 0 radical (unpaired) electrons. The summed E-state index contributed by atoms with van der Waals surface area (Å²) < 4.78 is 35.6. The predicted octanol–water partition coefficient (Wildman–Crippen LogP) is 4.40. The van der Waals surface area contributed by atoms with Gasteiger partial charge in [-0.2, -0.15) is 5.10 Å². The van der Waals surface area contributed by atoms with Crippen LogP contribution in [0.15, 0.2) is 53.4 Å². The van der Waals surface area contributed by atoms with Crippen molar-refractivity contribution in [2.75, 3.05) is 18.0 Å². The summed E-state index contributed by atoms with van der Waals surface area (Å²) in [6.07, 6.45) is 4.84. The number of halogens is 2. The third kappa shape index (κ3) is 5.09. The van der Waals surface area contributed by atoms with Crippen molar-refractivity contribution in [2.45, 2.75) is 32.2 Å². The highest BCUT2D eigenvalue weighted by Gasteiger charge is 2.24. The number of nitrogens with zero attached hydrogens (tertiary/aromatic N) is 6. The first kappa shape index (κ1) is 23.6. The van der Waals surface area contributed by atoms with E-state index in [1.807, 2.05) is 4.90 Å². The average Bonchev–Trinajstić information content (AvgIpc) is 3.55. The molecule has 11 heteroatoms. The first-order valence-electron chi connectivity index (χ1n) is 11.7. The maximum Gasteiger partial charge on any atom is 0.303 e. The molecule has 1 saturated heterocycles. The van der Waals surface area contributed by atoms with Crippen LogP contribution in [0.25, 0.3) is 22.9 Å². The van der Waals surface area contributed by atoms with Crippen LogP contribution in [0.4, 0.5) is 14.6 Å². The van der Waals surface area contributed by atoms with Crippen LogP contribution in [-0.2, 0) is 11.3 Å². The van der Waals surface area contributed by atoms with Crippen molar-refractivity contribution in [3.63, 3.8) is 0 Å². The number of rotatable bonds is 8. The van der Waals surface area contributed by atoms with Crippen LogP contribution in [0, 0.1) is 17.6 Å². The molecule has 1 aliphatic rings. The Balaban J connectivity index is 1.41. The lowest BCUT2D eigenvalue weighted by Crippen LogP contribution is -2.35. The summed E-state index contributed by atoms with van der Waals surface area (Å²) in [4.78, 5) is 21.3. The van der Waals surface area contributed by atoms with Gasteiger partial charge in [-0.05, 0) is 37.3 Å². The highest BCUT2D eigenvalue weighted by atomic mass is 19.1. The monoisotopic (exact) mass is 494 g/mol. The SMILES string of the molecule is O=C(O)CCC1CCN(c2nc(-c3cc(-c4ccon4)n(Cc4ccccc4F)n3)ncc2F)CC1. The van der Waals surface area contributed by atoms with Crippen LogP contribution in [-0.4, -0.2) is 49.1 Å². The molecule has 0 unspecified atom stereocenters. The Labute approximate surface area is 205 Å². The molecule has 4 heterocycles. The fourth-order valence-corrected chi connectivity index (χ4v) is 4.45. The summed E-state index contributed by atoms with van der Waals surface area (Å²) in [6.45, 7) is 1.29. The zero-order chi connectivity index (χ0) is 25.1. The highest BCUT2D eigenvalue weighted by molar-refractivity contribution is 5.66. The molecule has 0 saturated carbocycles. The highest BCUT2D eigenvalue weighted by Crippen LogP contribution is 2.29. The van der Waals surface area contributed by atoms with Crippen LogP contribution in [0.3, 0.4) is 0 Å². The smallest absolute Gasteiger partial charge is 0.303 e. The van der Waals surface area contributed by atoms with Gasteiger partial charge in [-0.3, -0.25) is 9.48 Å². The largest absolute Gasteiger partial charge is 0.481 e. The second-order valence-corrected chi connectivity index (χ2v) is 8.78. The Hall–Kier alpha value is -4.15. The number of carbonyl (C=O) groups is 1. The quantitative estimate of drug-likeness (QED) is 0.384. The predicted molar refractivity (Wildman–Crippen MR) is 126 cm³/mol. The maximum atomic E-state index is 14.7. The van der Waals surface area contributed by atoms with E-state index in [0.29, 0.717) is 48.1 Å². The summed E-state index contributed by atoms with van der Waals surface area (Å²) in [7, 11) is 0. The standard InChI is InChI=1S/C25H24F2N6O3/c26-18-4-2-1-3-17(18)15-33-22(20-9-12-36-31-20)13-21(30-33)24-28-14-19(27)25(29-24)32-10-7-16(8-11-32)5-6-23(34)35/h1-4,9,12-14,16H,5-8,10-11,15H2,(H,34,35). The molecule has 1 aliphatic heterocycles. The Morgan fingerprint density at radius 3 is 2.64 bits per heavy atom. The summed E-state index contributed by atoms with van der Waals surface area (Å²) in [5.41, 5.74) is 1.93. The molecule has 5 rings (SSSR count). The lowest BCUT2D eigenvalue weighted by molar-refractivity contribution is -0.137. The number of carboxylic acid groups (broad SMARTS) is 1. The van der Waals surface area contributed by atoms with Crippen molar-refractivity contribution in [2.24, 2.45) is 5.92 Å². The van der Waals surface area contributed by atoms with E-state index in [9.17, 15) is 13.6 Å². The molecule has 1 aromatic carbocycles. The van der Waals surface area contributed by atoms with Crippen LogP contribution in [0.5, 0.6) is 0 Å². The number of piperidine rings is 1. The maximum absolute atomic E-state index is 14.7. The first-order chi connectivity index (χ1) is 17.5. The van der Waals surface area contributed by atoms with Gasteiger partial charge in [0.1, 0.15) is 23.5 Å². The van der Waals surface area contributed by atoms with E-state index in [-0.39, 0.29) is 30.4 Å². The molecule has 4 aromatic rings. The molecule has 36 heavy (non-hydrogen) atoms. The topological polar surface area (TPSA) is 110 Å². The summed E-state index contributed by atoms with van der Waals surface area (Å²) in [5, 5.41) is 17.5. The third-order valence-electron chi connectivity index (χ3n) is 6.39. The van der Waals surface area contributed by atoms with Gasteiger partial charge in [0, 0.05) is 31.1 Å². The normalized spacial score (nSPS) is 14.3. The van der Waals surface area contributed by atoms with E-state index in [2.05, 4.69) is 20.2 Å². The lowest BCUT2D eigenvalue weighted by Gasteiger charge is -2.32. The third-order valence-corrected chi connectivity index (χ3v) is 6.39. The van der Waals surface area contributed by atoms with Gasteiger partial charge in [0.05, 0.1) is 18.4 Å². The van der Waals surface area contributed by atoms with Crippen LogP contribution < -0.4 is 4.90 Å². The van der Waals surface area contributed by atoms with E-state index >= 15 is 0 Å². The summed E-state index contributed by atoms with van der Waals surface area (Å²) >= 11 is 0. The van der Waals surface area contributed by atoms with E-state index < -0.39 is 11.8 Å². The Kier molecular flexibility index (Phi) is 6.70. The molecule has 0 atom stereocenters. The van der Waals surface area contributed by atoms with Crippen molar-refractivity contribution >= 4 is 11.8 Å². The molecule has 0 spiro atoms.